The third-order valence-electron chi connectivity index (χ3n) is 5.62. The van der Waals surface area contributed by atoms with Crippen LogP contribution < -0.4 is 15.4 Å². The number of carbonyl (C=O) groups is 1. The molecule has 0 aliphatic heterocycles. The van der Waals surface area contributed by atoms with Crippen LogP contribution >= 0.6 is 28.1 Å². The van der Waals surface area contributed by atoms with Crippen LogP contribution in [0.3, 0.4) is 0 Å². The molecule has 0 fully saturated rings. The van der Waals surface area contributed by atoms with Crippen molar-refractivity contribution in [3.8, 4) is 17.2 Å². The molecule has 0 aliphatic rings. The predicted molar refractivity (Wildman–Crippen MR) is 143 cm³/mol. The number of nitrogens with zero attached hydrogens (tertiary/aromatic N) is 1. The van der Waals surface area contributed by atoms with E-state index in [1.807, 2.05) is 30.3 Å². The van der Waals surface area contributed by atoms with Crippen molar-refractivity contribution in [2.24, 2.45) is 0 Å². The van der Waals surface area contributed by atoms with Gasteiger partial charge in [-0.05, 0) is 101 Å². The molecule has 1 heterocycles. The summed E-state index contributed by atoms with van der Waals surface area (Å²) >= 11 is 8.68. The van der Waals surface area contributed by atoms with Crippen molar-refractivity contribution >= 4 is 56.0 Å². The number of amides is 1. The number of halogens is 1. The van der Waals surface area contributed by atoms with Crippen LogP contribution in [0.4, 0.5) is 5.69 Å². The Balaban J connectivity index is 1.42. The molecule has 0 spiro atoms. The van der Waals surface area contributed by atoms with Crippen LogP contribution in [-0.4, -0.2) is 23.1 Å². The van der Waals surface area contributed by atoms with Crippen LogP contribution in [-0.2, 0) is 0 Å². The van der Waals surface area contributed by atoms with Crippen LogP contribution in [0.2, 0.25) is 0 Å². The second-order valence-electron chi connectivity index (χ2n) is 7.89. The van der Waals surface area contributed by atoms with Crippen molar-refractivity contribution in [2.75, 3.05) is 12.4 Å². The summed E-state index contributed by atoms with van der Waals surface area (Å²) in [6, 6.07) is 18.7. The molecule has 0 unspecified atom stereocenters. The van der Waals surface area contributed by atoms with E-state index in [1.165, 1.54) is 5.56 Å². The molecular weight excluding hydrogens is 514 g/mol. The van der Waals surface area contributed by atoms with Crippen molar-refractivity contribution in [3.63, 3.8) is 0 Å². The monoisotopic (exact) mass is 537 g/mol. The molecule has 1 atom stereocenters. The number of hydrogen-bond acceptors (Lipinski definition) is 5. The molecule has 4 aromatic rings. The van der Waals surface area contributed by atoms with E-state index in [1.54, 1.807) is 25.3 Å². The molecule has 0 saturated heterocycles. The Hall–Kier alpha value is -3.23. The standard InChI is InChI=1S/C26H24BrN3O3S/c1-4-15(2)17-7-12-23-21(14-17)29-25(33-23)16-5-9-19(10-6-16)28-26(34)30-24(31)18-8-11-22(32-3)20(27)13-18/h5-15H,4H2,1-3H3,(H2,28,30,31,34)/t15-/m1/s1. The first-order chi connectivity index (χ1) is 16.4. The van der Waals surface area contributed by atoms with Gasteiger partial charge in [0.1, 0.15) is 11.3 Å². The van der Waals surface area contributed by atoms with Gasteiger partial charge in [0.2, 0.25) is 5.89 Å². The first-order valence-electron chi connectivity index (χ1n) is 10.8. The van der Waals surface area contributed by atoms with Gasteiger partial charge in [0, 0.05) is 16.8 Å². The van der Waals surface area contributed by atoms with Gasteiger partial charge in [-0.1, -0.05) is 19.9 Å². The van der Waals surface area contributed by atoms with Gasteiger partial charge in [-0.3, -0.25) is 10.1 Å². The molecule has 0 saturated carbocycles. The molecule has 2 N–H and O–H groups in total. The molecule has 6 nitrogen and oxygen atoms in total. The first-order valence-corrected chi connectivity index (χ1v) is 12.0. The quantitative estimate of drug-likeness (QED) is 0.260. The number of carbonyl (C=O) groups excluding carboxylic acids is 1. The third-order valence-corrected chi connectivity index (χ3v) is 6.45. The zero-order chi connectivity index (χ0) is 24.2. The molecule has 8 heteroatoms. The number of methoxy groups -OCH3 is 1. The Kier molecular flexibility index (Phi) is 7.29. The summed E-state index contributed by atoms with van der Waals surface area (Å²) < 4.78 is 11.8. The zero-order valence-electron chi connectivity index (χ0n) is 19.0. The minimum atomic E-state index is -0.319. The van der Waals surface area contributed by atoms with E-state index in [0.717, 1.165) is 28.8 Å². The molecule has 174 valence electrons. The Bertz CT molecular complexity index is 1350. The number of nitrogens with one attached hydrogen (secondary N) is 2. The summed E-state index contributed by atoms with van der Waals surface area (Å²) in [5.41, 5.74) is 4.92. The number of hydrogen-bond donors (Lipinski definition) is 2. The van der Waals surface area contributed by atoms with Gasteiger partial charge >= 0.3 is 0 Å². The maximum atomic E-state index is 12.5. The topological polar surface area (TPSA) is 76.4 Å². The largest absolute Gasteiger partial charge is 0.496 e. The van der Waals surface area contributed by atoms with Gasteiger partial charge in [-0.15, -0.1) is 0 Å². The predicted octanol–water partition coefficient (Wildman–Crippen LogP) is 6.91. The number of rotatable bonds is 6. The summed E-state index contributed by atoms with van der Waals surface area (Å²) in [6.45, 7) is 4.38. The van der Waals surface area contributed by atoms with E-state index < -0.39 is 0 Å². The fraction of sp³-hybridized carbons (Fsp3) is 0.192. The van der Waals surface area contributed by atoms with Crippen LogP contribution in [0.15, 0.2) is 69.6 Å². The number of anilines is 1. The Morgan fingerprint density at radius 3 is 2.59 bits per heavy atom. The minimum absolute atomic E-state index is 0.198. The van der Waals surface area contributed by atoms with Gasteiger partial charge in [0.15, 0.2) is 10.7 Å². The van der Waals surface area contributed by atoms with Crippen LogP contribution in [0, 0.1) is 0 Å². The average Bonchev–Trinajstić information content (AvgIpc) is 3.27. The lowest BCUT2D eigenvalue weighted by atomic mass is 9.98. The van der Waals surface area contributed by atoms with Crippen molar-refractivity contribution < 1.29 is 13.9 Å². The fourth-order valence-corrected chi connectivity index (χ4v) is 4.20. The van der Waals surface area contributed by atoms with Crippen LogP contribution in [0.25, 0.3) is 22.6 Å². The lowest BCUT2D eigenvalue weighted by molar-refractivity contribution is 0.0977. The summed E-state index contributed by atoms with van der Waals surface area (Å²) in [7, 11) is 1.57. The molecule has 0 aliphatic carbocycles. The normalized spacial score (nSPS) is 11.8. The maximum absolute atomic E-state index is 12.5. The highest BCUT2D eigenvalue weighted by Gasteiger charge is 2.13. The number of benzene rings is 3. The number of oxazole rings is 1. The number of aromatic nitrogens is 1. The summed E-state index contributed by atoms with van der Waals surface area (Å²) in [6.07, 6.45) is 1.07. The summed E-state index contributed by atoms with van der Waals surface area (Å²) in [4.78, 5) is 17.1. The average molecular weight is 538 g/mol. The molecule has 3 aromatic carbocycles. The van der Waals surface area contributed by atoms with E-state index in [9.17, 15) is 4.79 Å². The smallest absolute Gasteiger partial charge is 0.257 e. The van der Waals surface area contributed by atoms with Gasteiger partial charge in [-0.25, -0.2) is 4.98 Å². The fourth-order valence-electron chi connectivity index (χ4n) is 3.45. The van der Waals surface area contributed by atoms with Gasteiger partial charge < -0.3 is 14.5 Å². The first kappa shape index (κ1) is 23.9. The highest BCUT2D eigenvalue weighted by Crippen LogP contribution is 2.29. The molecule has 4 rings (SSSR count). The van der Waals surface area contributed by atoms with Crippen LogP contribution in [0.1, 0.15) is 42.1 Å². The second kappa shape index (κ2) is 10.4. The number of thiocarbonyl (C=S) groups is 1. The van der Waals surface area contributed by atoms with Gasteiger partial charge in [0.05, 0.1) is 11.6 Å². The minimum Gasteiger partial charge on any atom is -0.496 e. The molecular formula is C26H24BrN3O3S. The number of fused-ring (bicyclic) bond motifs is 1. The number of ether oxygens (including phenoxy) is 1. The van der Waals surface area contributed by atoms with Crippen molar-refractivity contribution in [1.82, 2.24) is 10.3 Å². The van der Waals surface area contributed by atoms with E-state index in [4.69, 9.17) is 21.4 Å². The highest BCUT2D eigenvalue weighted by molar-refractivity contribution is 9.10. The molecule has 1 aromatic heterocycles. The lowest BCUT2D eigenvalue weighted by Gasteiger charge is -2.11. The van der Waals surface area contributed by atoms with Crippen molar-refractivity contribution in [3.05, 3.63) is 76.3 Å². The van der Waals surface area contributed by atoms with Gasteiger partial charge in [-0.2, -0.15) is 0 Å². The molecule has 1 amide bonds. The SMILES string of the molecule is CC[C@@H](C)c1ccc2oc(-c3ccc(NC(=S)NC(=O)c4ccc(OC)c(Br)c4)cc3)nc2c1. The van der Waals surface area contributed by atoms with E-state index in [-0.39, 0.29) is 11.0 Å². The highest BCUT2D eigenvalue weighted by atomic mass is 79.9. The Morgan fingerprint density at radius 2 is 1.91 bits per heavy atom. The Labute approximate surface area is 211 Å². The second-order valence-corrected chi connectivity index (χ2v) is 9.15. The van der Waals surface area contributed by atoms with Crippen molar-refractivity contribution in [1.29, 1.82) is 0 Å². The molecule has 0 bridgehead atoms. The zero-order valence-corrected chi connectivity index (χ0v) is 21.4. The third kappa shape index (κ3) is 5.29. The molecule has 0 radical (unpaired) electrons. The van der Waals surface area contributed by atoms with E-state index in [2.05, 4.69) is 57.5 Å². The molecule has 34 heavy (non-hydrogen) atoms. The van der Waals surface area contributed by atoms with E-state index >= 15 is 0 Å². The maximum Gasteiger partial charge on any atom is 0.257 e. The van der Waals surface area contributed by atoms with Crippen molar-refractivity contribution in [2.45, 2.75) is 26.2 Å². The van der Waals surface area contributed by atoms with E-state index in [0.29, 0.717) is 27.6 Å². The summed E-state index contributed by atoms with van der Waals surface area (Å²) in [5.74, 6) is 1.36. The van der Waals surface area contributed by atoms with Gasteiger partial charge in [0.25, 0.3) is 5.91 Å². The van der Waals surface area contributed by atoms with Crippen LogP contribution in [0.5, 0.6) is 5.75 Å². The Morgan fingerprint density at radius 1 is 1.15 bits per heavy atom. The summed E-state index contributed by atoms with van der Waals surface area (Å²) in [5, 5.41) is 5.90. The lowest BCUT2D eigenvalue weighted by Crippen LogP contribution is -2.34.